The maximum Gasteiger partial charge on any atom is 0.334 e. The van der Waals surface area contributed by atoms with Gasteiger partial charge in [-0.15, -0.1) is 11.8 Å². The van der Waals surface area contributed by atoms with Crippen molar-refractivity contribution in [2.24, 2.45) is 0 Å². The fourth-order valence-electron chi connectivity index (χ4n) is 4.02. The number of hydrogen-bond donors (Lipinski definition) is 0. The zero-order valence-electron chi connectivity index (χ0n) is 22.4. The summed E-state index contributed by atoms with van der Waals surface area (Å²) < 4.78 is 67.2. The standard InChI is InChI=1S/C27H34F2N2O5S2/c1-26(2,3)36-25(32)13-15-35-22-17-24-21(16-23(22)37-6)31(19-10-8-7-9-11-19)18-20(12-14-27(4,28)29)30(5)38(24,33)34/h7-11,13,15-17,20H,12,14,18H2,1-6H3/b15-13+. The van der Waals surface area contributed by atoms with Crippen LogP contribution in [0.5, 0.6) is 5.75 Å². The second kappa shape index (κ2) is 11.6. The van der Waals surface area contributed by atoms with Gasteiger partial charge in [0.25, 0.3) is 0 Å². The van der Waals surface area contributed by atoms with E-state index in [1.54, 1.807) is 26.8 Å². The lowest BCUT2D eigenvalue weighted by molar-refractivity contribution is -0.148. The number of esters is 1. The van der Waals surface area contributed by atoms with Crippen LogP contribution in [0.2, 0.25) is 0 Å². The van der Waals surface area contributed by atoms with E-state index in [2.05, 4.69) is 0 Å². The third-order valence-electron chi connectivity index (χ3n) is 5.89. The lowest BCUT2D eigenvalue weighted by Crippen LogP contribution is -2.41. The van der Waals surface area contributed by atoms with Gasteiger partial charge in [-0.25, -0.2) is 22.0 Å². The molecular formula is C27H34F2N2O5S2. The minimum atomic E-state index is -4.09. The summed E-state index contributed by atoms with van der Waals surface area (Å²) in [4.78, 5) is 14.5. The van der Waals surface area contributed by atoms with Crippen molar-refractivity contribution in [3.05, 3.63) is 54.8 Å². The minimum absolute atomic E-state index is 0.0199. The molecule has 0 spiro atoms. The Morgan fingerprint density at radius 1 is 1.16 bits per heavy atom. The molecule has 1 aliphatic rings. The summed E-state index contributed by atoms with van der Waals surface area (Å²) in [5, 5.41) is 0. The number of halogens is 2. The Hall–Kier alpha value is -2.63. The van der Waals surface area contributed by atoms with Gasteiger partial charge in [0.15, 0.2) is 0 Å². The number of hydrogen-bond acceptors (Lipinski definition) is 7. The van der Waals surface area contributed by atoms with Crippen molar-refractivity contribution in [2.75, 3.05) is 24.7 Å². The van der Waals surface area contributed by atoms with Gasteiger partial charge < -0.3 is 14.4 Å². The number of rotatable bonds is 8. The van der Waals surface area contributed by atoms with Gasteiger partial charge in [-0.1, -0.05) is 18.2 Å². The Bertz CT molecular complexity index is 1270. The van der Waals surface area contributed by atoms with Gasteiger partial charge in [0, 0.05) is 37.8 Å². The first-order valence-electron chi connectivity index (χ1n) is 12.1. The number of nitrogens with zero attached hydrogens (tertiary/aromatic N) is 2. The van der Waals surface area contributed by atoms with Crippen molar-refractivity contribution in [3.8, 4) is 5.75 Å². The summed E-state index contributed by atoms with van der Waals surface area (Å²) in [6.45, 7) is 6.25. The van der Waals surface area contributed by atoms with Crippen LogP contribution < -0.4 is 9.64 Å². The van der Waals surface area contributed by atoms with Gasteiger partial charge in [0.2, 0.25) is 15.9 Å². The molecule has 1 atom stereocenters. The number of ether oxygens (including phenoxy) is 2. The molecule has 0 saturated heterocycles. The Morgan fingerprint density at radius 3 is 2.39 bits per heavy atom. The van der Waals surface area contributed by atoms with Gasteiger partial charge in [0.1, 0.15) is 16.2 Å². The molecule has 7 nitrogen and oxygen atoms in total. The summed E-state index contributed by atoms with van der Waals surface area (Å²) in [5.41, 5.74) is 0.480. The van der Waals surface area contributed by atoms with E-state index in [1.807, 2.05) is 41.5 Å². The van der Waals surface area contributed by atoms with Crippen LogP contribution in [0.25, 0.3) is 0 Å². The summed E-state index contributed by atoms with van der Waals surface area (Å²) in [6.07, 6.45) is 3.63. The summed E-state index contributed by atoms with van der Waals surface area (Å²) >= 11 is 1.35. The van der Waals surface area contributed by atoms with E-state index in [9.17, 15) is 22.0 Å². The SMILES string of the molecule is CSc1cc2c(cc1O/C=C/C(=O)OC(C)(C)C)S(=O)(=O)N(C)C(CCC(C)(F)F)CN2c1ccccc1. The highest BCUT2D eigenvalue weighted by Gasteiger charge is 2.39. The average molecular weight is 569 g/mol. The minimum Gasteiger partial charge on any atom is -0.464 e. The molecule has 0 bridgehead atoms. The van der Waals surface area contributed by atoms with E-state index in [-0.39, 0.29) is 23.6 Å². The highest BCUT2D eigenvalue weighted by atomic mass is 32.2. The van der Waals surface area contributed by atoms with E-state index in [0.717, 1.165) is 24.9 Å². The largest absolute Gasteiger partial charge is 0.464 e. The first-order valence-corrected chi connectivity index (χ1v) is 14.8. The van der Waals surface area contributed by atoms with Crippen LogP contribution in [-0.4, -0.2) is 56.1 Å². The number of carbonyl (C=O) groups excluding carboxylic acids is 1. The van der Waals surface area contributed by atoms with Crippen molar-refractivity contribution in [1.29, 1.82) is 0 Å². The maximum absolute atomic E-state index is 13.8. The normalized spacial score (nSPS) is 18.2. The number of sulfonamides is 1. The van der Waals surface area contributed by atoms with Gasteiger partial charge in [-0.3, -0.25) is 0 Å². The molecule has 0 aromatic heterocycles. The summed E-state index contributed by atoms with van der Waals surface area (Å²) in [6, 6.07) is 11.6. The molecule has 1 unspecified atom stereocenters. The second-order valence-corrected chi connectivity index (χ2v) is 13.0. The van der Waals surface area contributed by atoms with E-state index < -0.39 is 40.0 Å². The molecule has 1 aliphatic heterocycles. The number of anilines is 2. The van der Waals surface area contributed by atoms with Crippen molar-refractivity contribution in [2.45, 2.75) is 67.9 Å². The molecule has 11 heteroatoms. The van der Waals surface area contributed by atoms with Crippen LogP contribution >= 0.6 is 11.8 Å². The highest BCUT2D eigenvalue weighted by molar-refractivity contribution is 7.98. The lowest BCUT2D eigenvalue weighted by Gasteiger charge is -2.30. The summed E-state index contributed by atoms with van der Waals surface area (Å²) in [5.74, 6) is -3.29. The fraction of sp³-hybridized carbons (Fsp3) is 0.444. The number of fused-ring (bicyclic) bond motifs is 1. The molecule has 0 N–H and O–H groups in total. The fourth-order valence-corrected chi connectivity index (χ4v) is 6.12. The second-order valence-electron chi connectivity index (χ2n) is 10.2. The van der Waals surface area contributed by atoms with E-state index in [4.69, 9.17) is 9.47 Å². The molecule has 0 radical (unpaired) electrons. The van der Waals surface area contributed by atoms with Crippen molar-refractivity contribution < 1.29 is 31.5 Å². The zero-order chi connectivity index (χ0) is 28.3. The number of para-hydroxylation sites is 1. The molecular weight excluding hydrogens is 534 g/mol. The average Bonchev–Trinajstić information content (AvgIpc) is 2.89. The summed E-state index contributed by atoms with van der Waals surface area (Å²) in [7, 11) is -2.67. The molecule has 1 heterocycles. The molecule has 208 valence electrons. The third kappa shape index (κ3) is 7.48. The molecule has 0 fully saturated rings. The molecule has 38 heavy (non-hydrogen) atoms. The molecule has 0 aliphatic carbocycles. The predicted molar refractivity (Wildman–Crippen MR) is 146 cm³/mol. The quantitative estimate of drug-likeness (QED) is 0.162. The van der Waals surface area contributed by atoms with Gasteiger partial charge >= 0.3 is 5.97 Å². The smallest absolute Gasteiger partial charge is 0.334 e. The Morgan fingerprint density at radius 2 is 1.82 bits per heavy atom. The monoisotopic (exact) mass is 568 g/mol. The molecule has 0 amide bonds. The van der Waals surface area contributed by atoms with Crippen molar-refractivity contribution in [1.82, 2.24) is 4.31 Å². The topological polar surface area (TPSA) is 76.1 Å². The number of alkyl halides is 2. The Kier molecular flexibility index (Phi) is 9.16. The first kappa shape index (κ1) is 29.9. The maximum atomic E-state index is 13.8. The van der Waals surface area contributed by atoms with E-state index in [1.165, 1.54) is 29.2 Å². The Balaban J connectivity index is 2.08. The van der Waals surface area contributed by atoms with Crippen LogP contribution in [-0.2, 0) is 19.6 Å². The van der Waals surface area contributed by atoms with Crippen LogP contribution in [0.1, 0.15) is 40.5 Å². The molecule has 3 rings (SSSR count). The Labute approximate surface area is 227 Å². The number of benzene rings is 2. The van der Waals surface area contributed by atoms with Crippen LogP contribution in [0.15, 0.2) is 64.6 Å². The zero-order valence-corrected chi connectivity index (χ0v) is 24.0. The molecule has 2 aromatic rings. The van der Waals surface area contributed by atoms with Gasteiger partial charge in [-0.05, 0) is 58.6 Å². The third-order valence-corrected chi connectivity index (χ3v) is 8.59. The number of carbonyl (C=O) groups is 1. The van der Waals surface area contributed by atoms with E-state index >= 15 is 0 Å². The van der Waals surface area contributed by atoms with Crippen molar-refractivity contribution in [3.63, 3.8) is 0 Å². The van der Waals surface area contributed by atoms with Crippen LogP contribution in [0, 0.1) is 0 Å². The molecule has 2 aromatic carbocycles. The predicted octanol–water partition coefficient (Wildman–Crippen LogP) is 6.22. The van der Waals surface area contributed by atoms with Gasteiger partial charge in [0.05, 0.1) is 22.9 Å². The van der Waals surface area contributed by atoms with Crippen molar-refractivity contribution >= 4 is 39.1 Å². The number of likely N-dealkylation sites (N-methyl/N-ethyl adjacent to an activating group) is 1. The van der Waals surface area contributed by atoms with Crippen LogP contribution in [0.3, 0.4) is 0 Å². The van der Waals surface area contributed by atoms with E-state index in [0.29, 0.717) is 10.6 Å². The lowest BCUT2D eigenvalue weighted by atomic mass is 10.1. The van der Waals surface area contributed by atoms with Gasteiger partial charge in [-0.2, -0.15) is 4.31 Å². The number of thioether (sulfide) groups is 1. The molecule has 0 saturated carbocycles. The first-order chi connectivity index (χ1) is 17.6. The highest BCUT2D eigenvalue weighted by Crippen LogP contribution is 2.43. The van der Waals surface area contributed by atoms with Crippen LogP contribution in [0.4, 0.5) is 20.2 Å².